The molecule has 6 rings (SSSR count). The van der Waals surface area contributed by atoms with E-state index < -0.39 is 11.9 Å². The molecule has 9 nitrogen and oxygen atoms in total. The molecule has 2 aliphatic heterocycles. The molecule has 0 bridgehead atoms. The number of nitrogens with zero attached hydrogens (tertiary/aromatic N) is 8. The molecule has 4 heterocycles. The fraction of sp³-hybridized carbons (Fsp3) is 0.370. The third-order valence-electron chi connectivity index (χ3n) is 7.20. The number of hydrogen-bond acceptors (Lipinski definition) is 8. The number of benzene rings is 1. The first-order valence-electron chi connectivity index (χ1n) is 12.7. The Morgan fingerprint density at radius 2 is 1.87 bits per heavy atom. The number of alkyl halides is 3. The van der Waals surface area contributed by atoms with Crippen LogP contribution in [0.5, 0.6) is 5.88 Å². The maximum atomic E-state index is 13.3. The van der Waals surface area contributed by atoms with Crippen LogP contribution in [-0.2, 0) is 12.7 Å². The zero-order chi connectivity index (χ0) is 27.3. The topological polar surface area (TPSA) is 102 Å². The highest BCUT2D eigenvalue weighted by atomic mass is 19.4. The molecule has 1 aromatic carbocycles. The first kappa shape index (κ1) is 25.1. The molecule has 0 N–H and O–H groups in total. The summed E-state index contributed by atoms with van der Waals surface area (Å²) in [5, 5.41) is 8.30. The summed E-state index contributed by atoms with van der Waals surface area (Å²) in [7, 11) is 1.56. The highest BCUT2D eigenvalue weighted by molar-refractivity contribution is 6.16. The van der Waals surface area contributed by atoms with Crippen LogP contribution in [0.4, 0.5) is 13.2 Å². The third kappa shape index (κ3) is 4.53. The van der Waals surface area contributed by atoms with Gasteiger partial charge in [-0.25, -0.2) is 19.9 Å². The number of rotatable bonds is 7. The summed E-state index contributed by atoms with van der Waals surface area (Å²) in [4.78, 5) is 22.4. The molecular weight excluding hydrogens is 509 g/mol. The van der Waals surface area contributed by atoms with E-state index in [0.717, 1.165) is 35.9 Å². The molecule has 3 aliphatic rings. The van der Waals surface area contributed by atoms with Crippen molar-refractivity contribution in [2.24, 2.45) is 20.2 Å². The second kappa shape index (κ2) is 9.51. The number of hydrogen-bond donors (Lipinski definition) is 0. The van der Waals surface area contributed by atoms with Crippen LogP contribution < -0.4 is 4.74 Å². The van der Waals surface area contributed by atoms with Crippen LogP contribution in [-0.4, -0.2) is 44.3 Å². The van der Waals surface area contributed by atoms with Crippen LogP contribution in [0, 0.1) is 0 Å². The van der Waals surface area contributed by atoms with Crippen molar-refractivity contribution >= 4 is 11.7 Å². The van der Waals surface area contributed by atoms with E-state index in [1.54, 1.807) is 32.4 Å². The van der Waals surface area contributed by atoms with Crippen LogP contribution in [0.3, 0.4) is 0 Å². The summed E-state index contributed by atoms with van der Waals surface area (Å²) in [6.07, 6.45) is 1.78. The van der Waals surface area contributed by atoms with Crippen LogP contribution in [0.1, 0.15) is 61.0 Å². The maximum absolute atomic E-state index is 13.3. The Kier molecular flexibility index (Phi) is 6.12. The van der Waals surface area contributed by atoms with Gasteiger partial charge in [0.05, 0.1) is 25.0 Å². The van der Waals surface area contributed by atoms with Gasteiger partial charge in [-0.1, -0.05) is 31.2 Å². The van der Waals surface area contributed by atoms with Gasteiger partial charge in [-0.2, -0.15) is 18.3 Å². The van der Waals surface area contributed by atoms with Crippen molar-refractivity contribution in [2.45, 2.75) is 57.3 Å². The summed E-state index contributed by atoms with van der Waals surface area (Å²) >= 11 is 0. The molecule has 0 saturated heterocycles. The minimum Gasteiger partial charge on any atom is -0.480 e. The fourth-order valence-corrected chi connectivity index (χ4v) is 4.94. The lowest BCUT2D eigenvalue weighted by Crippen LogP contribution is -2.27. The minimum absolute atomic E-state index is 0.119. The Balaban J connectivity index is 1.35. The molecule has 200 valence electrons. The average molecular weight is 535 g/mol. The first-order chi connectivity index (χ1) is 18.8. The summed E-state index contributed by atoms with van der Waals surface area (Å²) < 4.78 is 46.8. The van der Waals surface area contributed by atoms with E-state index in [1.165, 1.54) is 10.9 Å². The number of aromatic nitrogens is 4. The van der Waals surface area contributed by atoms with Gasteiger partial charge in [0, 0.05) is 35.7 Å². The molecule has 2 atom stereocenters. The molecule has 1 saturated carbocycles. The maximum Gasteiger partial charge on any atom is 0.434 e. The lowest BCUT2D eigenvalue weighted by molar-refractivity contribution is -0.140. The molecule has 1 fully saturated rings. The van der Waals surface area contributed by atoms with Crippen LogP contribution in [0.2, 0.25) is 0 Å². The van der Waals surface area contributed by atoms with Crippen molar-refractivity contribution in [3.63, 3.8) is 0 Å². The third-order valence-corrected chi connectivity index (χ3v) is 7.20. The summed E-state index contributed by atoms with van der Waals surface area (Å²) in [6.45, 7) is 4.19. The molecule has 1 unspecified atom stereocenters. The molecule has 0 amide bonds. The van der Waals surface area contributed by atoms with Crippen molar-refractivity contribution in [3.8, 4) is 17.3 Å². The highest BCUT2D eigenvalue weighted by Crippen LogP contribution is 2.43. The van der Waals surface area contributed by atoms with Crippen LogP contribution >= 0.6 is 0 Å². The van der Waals surface area contributed by atoms with Crippen molar-refractivity contribution < 1.29 is 17.9 Å². The van der Waals surface area contributed by atoms with Crippen molar-refractivity contribution in [2.75, 3.05) is 7.11 Å². The molecular formula is C27H25F3N8O. The first-order valence-corrected chi connectivity index (χ1v) is 12.7. The van der Waals surface area contributed by atoms with E-state index in [4.69, 9.17) is 9.73 Å². The zero-order valence-corrected chi connectivity index (χ0v) is 21.5. The molecule has 2 aromatic heterocycles. The molecule has 12 heteroatoms. The molecule has 0 spiro atoms. The van der Waals surface area contributed by atoms with Gasteiger partial charge in [0.25, 0.3) is 0 Å². The van der Waals surface area contributed by atoms with E-state index in [0.29, 0.717) is 41.1 Å². The van der Waals surface area contributed by atoms with E-state index in [9.17, 15) is 13.2 Å². The quantitative estimate of drug-likeness (QED) is 0.374. The molecule has 1 aliphatic carbocycles. The van der Waals surface area contributed by atoms with Crippen LogP contribution in [0.15, 0.2) is 68.8 Å². The van der Waals surface area contributed by atoms with Crippen LogP contribution in [0.25, 0.3) is 11.4 Å². The summed E-state index contributed by atoms with van der Waals surface area (Å²) in [5.74, 6) is 1.84. The van der Waals surface area contributed by atoms with E-state index in [-0.39, 0.29) is 17.8 Å². The number of imidazole rings is 1. The number of amidine groups is 2. The van der Waals surface area contributed by atoms with Gasteiger partial charge in [-0.3, -0.25) is 4.99 Å². The van der Waals surface area contributed by atoms with Gasteiger partial charge < -0.3 is 9.30 Å². The largest absolute Gasteiger partial charge is 0.480 e. The Labute approximate surface area is 222 Å². The van der Waals surface area contributed by atoms with Crippen molar-refractivity contribution in [1.82, 2.24) is 19.5 Å². The summed E-state index contributed by atoms with van der Waals surface area (Å²) in [6, 6.07) is 7.03. The Hall–Kier alpha value is -4.22. The normalized spacial score (nSPS) is 19.3. The Morgan fingerprint density at radius 3 is 2.54 bits per heavy atom. The number of halogens is 3. The number of fused-ring (bicyclic) bond motifs is 1. The molecule has 39 heavy (non-hydrogen) atoms. The Bertz CT molecular complexity index is 1550. The predicted molar refractivity (Wildman–Crippen MR) is 138 cm³/mol. The lowest BCUT2D eigenvalue weighted by atomic mass is 9.87. The van der Waals surface area contributed by atoms with Gasteiger partial charge in [-0.15, -0.1) is 5.11 Å². The number of methoxy groups -OCH3 is 1. The van der Waals surface area contributed by atoms with Crippen molar-refractivity contribution in [3.05, 3.63) is 71.1 Å². The minimum atomic E-state index is -4.50. The Morgan fingerprint density at radius 1 is 1.10 bits per heavy atom. The van der Waals surface area contributed by atoms with Gasteiger partial charge in [-0.05, 0) is 25.3 Å². The zero-order valence-electron chi connectivity index (χ0n) is 21.5. The van der Waals surface area contributed by atoms with Gasteiger partial charge in [0.2, 0.25) is 5.88 Å². The van der Waals surface area contributed by atoms with Gasteiger partial charge in [0.1, 0.15) is 17.7 Å². The number of azo groups is 1. The predicted octanol–water partition coefficient (Wildman–Crippen LogP) is 5.95. The molecule has 0 radical (unpaired) electrons. The SMILES string of the molecule is CCn1cc(C(F)(F)F)nc1-c1ccc(C(C)[C@@H]2N=C(c3c(OC)ncnc3C3CC3)N=C3N=NC=C32)cc1. The average Bonchev–Trinajstić information content (AvgIpc) is 3.50. The number of ether oxygens (including phenoxy) is 1. The van der Waals surface area contributed by atoms with E-state index in [1.807, 2.05) is 19.1 Å². The summed E-state index contributed by atoms with van der Waals surface area (Å²) in [5.41, 5.74) is 2.99. The highest BCUT2D eigenvalue weighted by Gasteiger charge is 2.37. The lowest BCUT2D eigenvalue weighted by Gasteiger charge is -2.26. The second-order valence-electron chi connectivity index (χ2n) is 9.69. The fourth-order valence-electron chi connectivity index (χ4n) is 4.94. The standard InChI is InChI=1S/C27H25F3N8O/c1-4-38-12-19(27(28,29)30)34-25(38)17-9-5-15(6-10-17)14(2)21-18-11-33-37-23(18)36-24(35-21)20-22(16-7-8-16)31-13-32-26(20)39-3/h5-6,9-14,16,21H,4,7-8H2,1-3H3/t14?,21-/m0/s1. The van der Waals surface area contributed by atoms with E-state index in [2.05, 4.69) is 30.2 Å². The van der Waals surface area contributed by atoms with E-state index >= 15 is 0 Å². The van der Waals surface area contributed by atoms with Gasteiger partial charge >= 0.3 is 6.18 Å². The number of aryl methyl sites for hydroxylation is 1. The van der Waals surface area contributed by atoms with Gasteiger partial charge in [0.15, 0.2) is 17.4 Å². The second-order valence-corrected chi connectivity index (χ2v) is 9.69. The monoisotopic (exact) mass is 534 g/mol. The van der Waals surface area contributed by atoms with Crippen molar-refractivity contribution in [1.29, 1.82) is 0 Å². The molecule has 3 aromatic rings. The smallest absolute Gasteiger partial charge is 0.434 e. The number of aliphatic imine (C=N–C) groups is 2.